The van der Waals surface area contributed by atoms with Crippen LogP contribution in [0.4, 0.5) is 16.6 Å². The first kappa shape index (κ1) is 20.6. The molecular formula is C20H33N5O3. The van der Waals surface area contributed by atoms with Crippen LogP contribution in [0.1, 0.15) is 49.8 Å². The van der Waals surface area contributed by atoms with Crippen LogP contribution in [0.5, 0.6) is 0 Å². The highest BCUT2D eigenvalue weighted by Crippen LogP contribution is 2.30. The van der Waals surface area contributed by atoms with Crippen molar-refractivity contribution in [3.05, 3.63) is 11.3 Å². The van der Waals surface area contributed by atoms with Gasteiger partial charge in [0.15, 0.2) is 0 Å². The third-order valence-electron chi connectivity index (χ3n) is 5.84. The molecule has 0 aromatic carbocycles. The van der Waals surface area contributed by atoms with E-state index >= 15 is 0 Å². The number of rotatable bonds is 7. The lowest BCUT2D eigenvalue weighted by Gasteiger charge is -2.35. The van der Waals surface area contributed by atoms with Crippen LogP contribution >= 0.6 is 0 Å². The fraction of sp³-hybridized carbons (Fsp3) is 0.750. The average Bonchev–Trinajstić information content (AvgIpc) is 2.68. The number of anilines is 2. The molecule has 8 nitrogen and oxygen atoms in total. The zero-order valence-corrected chi connectivity index (χ0v) is 17.3. The van der Waals surface area contributed by atoms with Gasteiger partial charge in [-0.1, -0.05) is 0 Å². The first-order chi connectivity index (χ1) is 13.5. The second-order valence-electron chi connectivity index (χ2n) is 8.02. The van der Waals surface area contributed by atoms with Crippen molar-refractivity contribution in [2.75, 3.05) is 44.6 Å². The number of carbonyl (C=O) groups is 1. The Labute approximate surface area is 167 Å². The van der Waals surface area contributed by atoms with Crippen LogP contribution in [-0.2, 0) is 17.6 Å². The molecule has 0 bridgehead atoms. The van der Waals surface area contributed by atoms with Crippen molar-refractivity contribution in [2.24, 2.45) is 0 Å². The number of hydrogen-bond acceptors (Lipinski definition) is 6. The molecule has 1 heterocycles. The highest BCUT2D eigenvalue weighted by atomic mass is 16.5. The Bertz CT molecular complexity index is 674. The van der Waals surface area contributed by atoms with Crippen molar-refractivity contribution in [3.8, 4) is 0 Å². The second-order valence-corrected chi connectivity index (χ2v) is 8.02. The maximum absolute atomic E-state index is 11.5. The van der Waals surface area contributed by atoms with Crippen molar-refractivity contribution >= 4 is 17.9 Å². The lowest BCUT2D eigenvalue weighted by molar-refractivity contribution is 0.0854. The summed E-state index contributed by atoms with van der Waals surface area (Å²) in [5.74, 6) is 1.74. The molecule has 0 aliphatic heterocycles. The molecule has 0 spiro atoms. The highest BCUT2D eigenvalue weighted by molar-refractivity contribution is 5.65. The topological polar surface area (TPSA) is 90.8 Å². The van der Waals surface area contributed by atoms with Crippen LogP contribution < -0.4 is 10.2 Å². The molecule has 2 N–H and O–H groups in total. The normalized spacial score (nSPS) is 21.7. The zero-order chi connectivity index (χ0) is 20.1. The predicted octanol–water partition coefficient (Wildman–Crippen LogP) is 2.77. The molecule has 0 saturated heterocycles. The fourth-order valence-corrected chi connectivity index (χ4v) is 4.35. The molecule has 2 aliphatic carbocycles. The van der Waals surface area contributed by atoms with E-state index in [1.165, 1.54) is 29.0 Å². The van der Waals surface area contributed by atoms with Crippen molar-refractivity contribution in [1.29, 1.82) is 0 Å². The summed E-state index contributed by atoms with van der Waals surface area (Å²) < 4.78 is 5.05. The van der Waals surface area contributed by atoms with E-state index in [0.717, 1.165) is 44.3 Å². The van der Waals surface area contributed by atoms with Gasteiger partial charge in [-0.2, -0.15) is 4.98 Å². The van der Waals surface area contributed by atoms with E-state index in [0.29, 0.717) is 19.1 Å². The number of aryl methyl sites for hydroxylation is 1. The Morgan fingerprint density at radius 3 is 2.54 bits per heavy atom. The molecular weight excluding hydrogens is 358 g/mol. The third kappa shape index (κ3) is 4.84. The van der Waals surface area contributed by atoms with E-state index in [9.17, 15) is 9.90 Å². The quantitative estimate of drug-likeness (QED) is 0.738. The lowest BCUT2D eigenvalue weighted by atomic mass is 9.90. The van der Waals surface area contributed by atoms with Crippen LogP contribution in [0.25, 0.3) is 0 Å². The van der Waals surface area contributed by atoms with Gasteiger partial charge in [0.2, 0.25) is 5.95 Å². The molecule has 3 rings (SSSR count). The molecule has 28 heavy (non-hydrogen) atoms. The van der Waals surface area contributed by atoms with E-state index in [4.69, 9.17) is 14.7 Å². The van der Waals surface area contributed by atoms with Gasteiger partial charge in [0.25, 0.3) is 0 Å². The van der Waals surface area contributed by atoms with Gasteiger partial charge >= 0.3 is 6.09 Å². The molecule has 8 heteroatoms. The first-order valence-corrected chi connectivity index (χ1v) is 10.3. The summed E-state index contributed by atoms with van der Waals surface area (Å²) in [6.45, 7) is 0.857. The number of aromatic nitrogens is 2. The average molecular weight is 392 g/mol. The minimum Gasteiger partial charge on any atom is -0.465 e. The largest absolute Gasteiger partial charge is 0.465 e. The smallest absolute Gasteiger partial charge is 0.407 e. The Balaban J connectivity index is 1.63. The highest BCUT2D eigenvalue weighted by Gasteiger charge is 2.29. The summed E-state index contributed by atoms with van der Waals surface area (Å²) in [7, 11) is 5.67. The van der Waals surface area contributed by atoms with Crippen LogP contribution in [0.2, 0.25) is 0 Å². The molecule has 0 unspecified atom stereocenters. The number of nitrogens with one attached hydrogen (secondary N) is 1. The van der Waals surface area contributed by atoms with Gasteiger partial charge in [-0.15, -0.1) is 0 Å². The summed E-state index contributed by atoms with van der Waals surface area (Å²) >= 11 is 0. The molecule has 1 aromatic heterocycles. The van der Waals surface area contributed by atoms with Gasteiger partial charge < -0.3 is 25.0 Å². The summed E-state index contributed by atoms with van der Waals surface area (Å²) in [5, 5.41) is 13.0. The molecule has 0 atom stereocenters. The van der Waals surface area contributed by atoms with Crippen molar-refractivity contribution in [3.63, 3.8) is 0 Å². The van der Waals surface area contributed by atoms with E-state index in [-0.39, 0.29) is 12.1 Å². The Hall–Kier alpha value is -2.09. The molecule has 2 aliphatic rings. The van der Waals surface area contributed by atoms with Crippen LogP contribution in [0, 0.1) is 0 Å². The first-order valence-electron chi connectivity index (χ1n) is 10.3. The van der Waals surface area contributed by atoms with Gasteiger partial charge in [0.1, 0.15) is 5.82 Å². The second kappa shape index (κ2) is 9.41. The molecule has 1 amide bonds. The number of fused-ring (bicyclic) bond motifs is 1. The van der Waals surface area contributed by atoms with Gasteiger partial charge in [0, 0.05) is 45.4 Å². The Morgan fingerprint density at radius 2 is 1.89 bits per heavy atom. The van der Waals surface area contributed by atoms with Gasteiger partial charge in [-0.3, -0.25) is 0 Å². The van der Waals surface area contributed by atoms with Gasteiger partial charge in [-0.05, 0) is 51.4 Å². The summed E-state index contributed by atoms with van der Waals surface area (Å²) in [5.41, 5.74) is 2.47. The number of ether oxygens (including phenoxy) is 1. The summed E-state index contributed by atoms with van der Waals surface area (Å²) in [4.78, 5) is 24.7. The SMILES string of the molecule is COCCN(C(=O)O)[C@H]1CC[C@@H](Nc2nc3c(c(N(C)C)n2)CCCC3)CC1. The van der Waals surface area contributed by atoms with Gasteiger partial charge in [-0.25, -0.2) is 9.78 Å². The zero-order valence-electron chi connectivity index (χ0n) is 17.3. The molecule has 1 fully saturated rings. The third-order valence-corrected chi connectivity index (χ3v) is 5.84. The van der Waals surface area contributed by atoms with Crippen LogP contribution in [0.15, 0.2) is 0 Å². The summed E-state index contributed by atoms with van der Waals surface area (Å²) in [6, 6.07) is 0.346. The molecule has 1 saturated carbocycles. The minimum absolute atomic E-state index is 0.0625. The minimum atomic E-state index is -0.859. The monoisotopic (exact) mass is 391 g/mol. The molecule has 156 valence electrons. The fourth-order valence-electron chi connectivity index (χ4n) is 4.35. The van der Waals surface area contributed by atoms with Gasteiger partial charge in [0.05, 0.1) is 12.3 Å². The van der Waals surface area contributed by atoms with Crippen molar-refractivity contribution in [1.82, 2.24) is 14.9 Å². The van der Waals surface area contributed by atoms with Crippen molar-refractivity contribution in [2.45, 2.75) is 63.5 Å². The van der Waals surface area contributed by atoms with E-state index in [1.54, 1.807) is 7.11 Å². The standard InChI is InChI=1S/C20H33N5O3/c1-24(2)18-16-6-4-5-7-17(16)22-19(23-18)21-14-8-10-15(11-9-14)25(20(26)27)12-13-28-3/h14-15H,4-13H2,1-3H3,(H,26,27)(H,21,22,23)/t14-,15+. The summed E-state index contributed by atoms with van der Waals surface area (Å²) in [6.07, 6.45) is 7.14. The van der Waals surface area contributed by atoms with E-state index in [2.05, 4.69) is 10.2 Å². The number of carboxylic acid groups (broad SMARTS) is 1. The van der Waals surface area contributed by atoms with E-state index in [1.807, 2.05) is 14.1 Å². The maximum atomic E-state index is 11.5. The van der Waals surface area contributed by atoms with Crippen LogP contribution in [-0.4, -0.2) is 72.5 Å². The predicted molar refractivity (Wildman–Crippen MR) is 109 cm³/mol. The lowest BCUT2D eigenvalue weighted by Crippen LogP contribution is -2.45. The number of hydrogen-bond donors (Lipinski definition) is 2. The number of methoxy groups -OCH3 is 1. The molecule has 0 radical (unpaired) electrons. The van der Waals surface area contributed by atoms with Crippen LogP contribution in [0.3, 0.4) is 0 Å². The molecule has 1 aromatic rings. The van der Waals surface area contributed by atoms with Crippen molar-refractivity contribution < 1.29 is 14.6 Å². The Kier molecular flexibility index (Phi) is 6.93. The van der Waals surface area contributed by atoms with E-state index < -0.39 is 6.09 Å². The maximum Gasteiger partial charge on any atom is 0.407 e. The number of nitrogens with zero attached hydrogens (tertiary/aromatic N) is 4. The Morgan fingerprint density at radius 1 is 1.18 bits per heavy atom. The number of amides is 1.